The highest BCUT2D eigenvalue weighted by Crippen LogP contribution is 2.28. The quantitative estimate of drug-likeness (QED) is 0.728. The second kappa shape index (κ2) is 5.93. The van der Waals surface area contributed by atoms with Gasteiger partial charge in [0.15, 0.2) is 0 Å². The van der Waals surface area contributed by atoms with E-state index in [0.717, 1.165) is 27.8 Å². The maximum Gasteiger partial charge on any atom is 0.0793 e. The lowest BCUT2D eigenvalue weighted by Crippen LogP contribution is -2.35. The van der Waals surface area contributed by atoms with E-state index < -0.39 is 5.60 Å². The fraction of sp³-hybridized carbons (Fsp3) is 0.571. The zero-order chi connectivity index (χ0) is 13.9. The van der Waals surface area contributed by atoms with Gasteiger partial charge in [0.25, 0.3) is 0 Å². The molecule has 1 atom stereocenters. The van der Waals surface area contributed by atoms with Crippen LogP contribution in [0.1, 0.15) is 32.8 Å². The highest BCUT2D eigenvalue weighted by atomic mass is 79.9. The Balaban J connectivity index is 2.72. The lowest BCUT2D eigenvalue weighted by atomic mass is 9.94. The van der Waals surface area contributed by atoms with Crippen LogP contribution in [0.5, 0.6) is 0 Å². The summed E-state index contributed by atoms with van der Waals surface area (Å²) in [4.78, 5) is 0. The molecule has 0 radical (unpaired) electrons. The molecular formula is C14H23BrN2O. The van der Waals surface area contributed by atoms with E-state index in [1.165, 1.54) is 0 Å². The van der Waals surface area contributed by atoms with Crippen molar-refractivity contribution in [3.8, 4) is 0 Å². The summed E-state index contributed by atoms with van der Waals surface area (Å²) in [5, 5.41) is 13.5. The molecule has 0 aliphatic rings. The summed E-state index contributed by atoms with van der Waals surface area (Å²) in [6, 6.07) is 3.87. The Kier molecular flexibility index (Phi) is 5.05. The summed E-state index contributed by atoms with van der Waals surface area (Å²) in [6.45, 7) is 8.57. The van der Waals surface area contributed by atoms with Gasteiger partial charge in [-0.05, 0) is 59.8 Å². The standard InChI is InChI=1S/C14H23BrN2O/c1-9(2)7-14(4,18)8-17-13-5-10(3)12(16)6-11(13)15/h5-6,9,17-18H,7-8,16H2,1-4H3. The van der Waals surface area contributed by atoms with Crippen LogP contribution in [0.4, 0.5) is 11.4 Å². The number of nitrogen functional groups attached to an aromatic ring is 1. The van der Waals surface area contributed by atoms with Crippen LogP contribution < -0.4 is 11.1 Å². The number of benzene rings is 1. The summed E-state index contributed by atoms with van der Waals surface area (Å²) in [7, 11) is 0. The van der Waals surface area contributed by atoms with Gasteiger partial charge in [-0.2, -0.15) is 0 Å². The normalized spacial score (nSPS) is 14.6. The first kappa shape index (κ1) is 15.3. The lowest BCUT2D eigenvalue weighted by Gasteiger charge is -2.26. The fourth-order valence-electron chi connectivity index (χ4n) is 2.07. The molecule has 4 heteroatoms. The monoisotopic (exact) mass is 314 g/mol. The average molecular weight is 315 g/mol. The molecule has 1 aromatic carbocycles. The predicted octanol–water partition coefficient (Wildman–Crippen LogP) is 3.55. The molecule has 0 aromatic heterocycles. The molecule has 3 nitrogen and oxygen atoms in total. The van der Waals surface area contributed by atoms with E-state index in [0.29, 0.717) is 12.5 Å². The maximum atomic E-state index is 10.3. The smallest absolute Gasteiger partial charge is 0.0793 e. The van der Waals surface area contributed by atoms with E-state index in [-0.39, 0.29) is 0 Å². The van der Waals surface area contributed by atoms with E-state index in [1.807, 2.05) is 26.0 Å². The molecule has 0 bridgehead atoms. The number of anilines is 2. The van der Waals surface area contributed by atoms with Gasteiger partial charge in [-0.15, -0.1) is 0 Å². The van der Waals surface area contributed by atoms with Crippen molar-refractivity contribution in [1.29, 1.82) is 0 Å². The molecule has 1 unspecified atom stereocenters. The third kappa shape index (κ3) is 4.50. The minimum Gasteiger partial charge on any atom is -0.398 e. The molecule has 0 fully saturated rings. The molecule has 102 valence electrons. The van der Waals surface area contributed by atoms with Crippen molar-refractivity contribution in [2.45, 2.75) is 39.7 Å². The number of rotatable bonds is 5. The van der Waals surface area contributed by atoms with Gasteiger partial charge in [-0.3, -0.25) is 0 Å². The van der Waals surface area contributed by atoms with Crippen LogP contribution >= 0.6 is 15.9 Å². The Morgan fingerprint density at radius 1 is 1.44 bits per heavy atom. The second-order valence-corrected chi connectivity index (χ2v) is 6.49. The number of aryl methyl sites for hydroxylation is 1. The van der Waals surface area contributed by atoms with Gasteiger partial charge >= 0.3 is 0 Å². The van der Waals surface area contributed by atoms with Crippen molar-refractivity contribution < 1.29 is 5.11 Å². The highest BCUT2D eigenvalue weighted by molar-refractivity contribution is 9.10. The fourth-order valence-corrected chi connectivity index (χ4v) is 2.57. The first-order valence-electron chi connectivity index (χ1n) is 6.23. The summed E-state index contributed by atoms with van der Waals surface area (Å²) in [5.41, 5.74) is 7.89. The van der Waals surface area contributed by atoms with Crippen LogP contribution in [0.15, 0.2) is 16.6 Å². The Hall–Kier alpha value is -0.740. The largest absolute Gasteiger partial charge is 0.398 e. The van der Waals surface area contributed by atoms with Crippen molar-refractivity contribution in [1.82, 2.24) is 0 Å². The molecule has 4 N–H and O–H groups in total. The highest BCUT2D eigenvalue weighted by Gasteiger charge is 2.21. The lowest BCUT2D eigenvalue weighted by molar-refractivity contribution is 0.0515. The van der Waals surface area contributed by atoms with Gasteiger partial charge in [0.05, 0.1) is 5.60 Å². The van der Waals surface area contributed by atoms with E-state index in [2.05, 4.69) is 35.1 Å². The predicted molar refractivity (Wildman–Crippen MR) is 81.9 cm³/mol. The maximum absolute atomic E-state index is 10.3. The van der Waals surface area contributed by atoms with Gasteiger partial charge in [0.1, 0.15) is 0 Å². The van der Waals surface area contributed by atoms with Gasteiger partial charge in [0.2, 0.25) is 0 Å². The topological polar surface area (TPSA) is 58.3 Å². The third-order valence-corrected chi connectivity index (χ3v) is 3.52. The van der Waals surface area contributed by atoms with Crippen molar-refractivity contribution in [3.05, 3.63) is 22.2 Å². The van der Waals surface area contributed by atoms with Gasteiger partial charge in [-0.1, -0.05) is 13.8 Å². The molecule has 18 heavy (non-hydrogen) atoms. The van der Waals surface area contributed by atoms with Crippen LogP contribution in [-0.4, -0.2) is 17.3 Å². The Bertz CT molecular complexity index is 417. The van der Waals surface area contributed by atoms with Gasteiger partial charge < -0.3 is 16.2 Å². The molecule has 0 saturated heterocycles. The Labute approximate surface area is 118 Å². The van der Waals surface area contributed by atoms with E-state index in [1.54, 1.807) is 0 Å². The molecule has 0 aliphatic heterocycles. The minimum atomic E-state index is -0.705. The molecule has 0 saturated carbocycles. The molecule has 1 aromatic rings. The van der Waals surface area contributed by atoms with Crippen molar-refractivity contribution >= 4 is 27.3 Å². The zero-order valence-electron chi connectivity index (χ0n) is 11.5. The van der Waals surface area contributed by atoms with Gasteiger partial charge in [0, 0.05) is 22.4 Å². The Morgan fingerprint density at radius 3 is 2.61 bits per heavy atom. The van der Waals surface area contributed by atoms with Crippen LogP contribution in [-0.2, 0) is 0 Å². The van der Waals surface area contributed by atoms with Crippen molar-refractivity contribution in [2.24, 2.45) is 5.92 Å². The van der Waals surface area contributed by atoms with Crippen molar-refractivity contribution in [3.63, 3.8) is 0 Å². The number of hydrogen-bond donors (Lipinski definition) is 3. The second-order valence-electron chi connectivity index (χ2n) is 5.64. The number of nitrogens with two attached hydrogens (primary N) is 1. The molecule has 0 heterocycles. The van der Waals surface area contributed by atoms with E-state index >= 15 is 0 Å². The SMILES string of the molecule is Cc1cc(NCC(C)(O)CC(C)C)c(Br)cc1N. The third-order valence-electron chi connectivity index (χ3n) is 2.86. The van der Waals surface area contributed by atoms with Crippen LogP contribution in [0.25, 0.3) is 0 Å². The van der Waals surface area contributed by atoms with Crippen LogP contribution in [0.3, 0.4) is 0 Å². The molecule has 0 aliphatic carbocycles. The molecule has 0 spiro atoms. The first-order chi connectivity index (χ1) is 8.21. The number of halogens is 1. The summed E-state index contributed by atoms with van der Waals surface area (Å²) < 4.78 is 0.922. The van der Waals surface area contributed by atoms with Gasteiger partial charge in [-0.25, -0.2) is 0 Å². The molecular weight excluding hydrogens is 292 g/mol. The summed E-state index contributed by atoms with van der Waals surface area (Å²) in [6.07, 6.45) is 0.769. The van der Waals surface area contributed by atoms with Crippen LogP contribution in [0, 0.1) is 12.8 Å². The number of nitrogens with one attached hydrogen (secondary N) is 1. The molecule has 0 amide bonds. The van der Waals surface area contributed by atoms with E-state index in [4.69, 9.17) is 5.73 Å². The average Bonchev–Trinajstić information content (AvgIpc) is 2.19. The molecule has 1 rings (SSSR count). The summed E-state index contributed by atoms with van der Waals surface area (Å²) >= 11 is 3.48. The number of hydrogen-bond acceptors (Lipinski definition) is 3. The minimum absolute atomic E-state index is 0.471. The van der Waals surface area contributed by atoms with E-state index in [9.17, 15) is 5.11 Å². The van der Waals surface area contributed by atoms with Crippen molar-refractivity contribution in [2.75, 3.05) is 17.6 Å². The van der Waals surface area contributed by atoms with Crippen LogP contribution in [0.2, 0.25) is 0 Å². The first-order valence-corrected chi connectivity index (χ1v) is 7.02. The summed E-state index contributed by atoms with van der Waals surface area (Å²) in [5.74, 6) is 0.471. The zero-order valence-corrected chi connectivity index (χ0v) is 13.1. The number of aliphatic hydroxyl groups is 1. The Morgan fingerprint density at radius 2 is 2.06 bits per heavy atom.